The predicted octanol–water partition coefficient (Wildman–Crippen LogP) is 1.98. The lowest BCUT2D eigenvalue weighted by molar-refractivity contribution is -0.116. The van der Waals surface area contributed by atoms with E-state index in [9.17, 15) is 4.79 Å². The number of hydrogen-bond acceptors (Lipinski definition) is 4. The molecule has 1 aromatic rings. The van der Waals surface area contributed by atoms with E-state index in [0.717, 1.165) is 41.5 Å². The van der Waals surface area contributed by atoms with Gasteiger partial charge in [-0.1, -0.05) is 0 Å². The Labute approximate surface area is 129 Å². The first-order chi connectivity index (χ1) is 10.2. The third-order valence-corrected chi connectivity index (χ3v) is 6.09. The average Bonchev–Trinajstić information content (AvgIpc) is 3.20. The zero-order valence-corrected chi connectivity index (χ0v) is 13.3. The van der Waals surface area contributed by atoms with E-state index >= 15 is 0 Å². The minimum atomic E-state index is 0.125. The molecule has 0 aromatic carbocycles. The van der Waals surface area contributed by atoms with Crippen molar-refractivity contribution in [1.82, 2.24) is 14.7 Å². The van der Waals surface area contributed by atoms with Crippen molar-refractivity contribution in [3.05, 3.63) is 11.3 Å². The van der Waals surface area contributed by atoms with Crippen molar-refractivity contribution in [2.75, 3.05) is 18.4 Å². The molecule has 1 saturated heterocycles. The molecule has 1 aromatic heterocycles. The van der Waals surface area contributed by atoms with Gasteiger partial charge in [0.05, 0.1) is 5.69 Å². The molecule has 1 N–H and O–H groups in total. The van der Waals surface area contributed by atoms with E-state index in [1.807, 2.05) is 23.5 Å². The summed E-state index contributed by atoms with van der Waals surface area (Å²) in [6.07, 6.45) is 4.68. The molecule has 1 aliphatic carbocycles. The summed E-state index contributed by atoms with van der Waals surface area (Å²) in [5.74, 6) is 3.86. The Hall–Kier alpha value is -1.01. The molecule has 1 saturated carbocycles. The first-order valence-corrected chi connectivity index (χ1v) is 9.02. The van der Waals surface area contributed by atoms with Crippen LogP contribution in [-0.4, -0.2) is 39.7 Å². The molecular formula is C15H22N4OS. The number of piperidine rings is 1. The summed E-state index contributed by atoms with van der Waals surface area (Å²) in [4.78, 5) is 14.8. The highest BCUT2D eigenvalue weighted by Gasteiger charge is 2.37. The Morgan fingerprint density at radius 1 is 1.43 bits per heavy atom. The minimum Gasteiger partial charge on any atom is -0.311 e. The van der Waals surface area contributed by atoms with Gasteiger partial charge in [0, 0.05) is 49.7 Å². The van der Waals surface area contributed by atoms with Gasteiger partial charge in [-0.3, -0.25) is 14.4 Å². The maximum atomic E-state index is 12.2. The Kier molecular flexibility index (Phi) is 3.46. The largest absolute Gasteiger partial charge is 0.311 e. The van der Waals surface area contributed by atoms with Gasteiger partial charge in [0.25, 0.3) is 0 Å². The molecule has 0 spiro atoms. The molecule has 3 heterocycles. The molecule has 0 radical (unpaired) electrons. The van der Waals surface area contributed by atoms with Crippen LogP contribution in [0.25, 0.3) is 0 Å². The number of nitrogens with zero attached hydrogens (tertiary/aromatic N) is 3. The molecule has 6 heteroatoms. The number of hydrogen-bond donors (Lipinski definition) is 1. The summed E-state index contributed by atoms with van der Waals surface area (Å²) in [5, 5.41) is 7.56. The van der Waals surface area contributed by atoms with Crippen molar-refractivity contribution in [3.8, 4) is 0 Å². The molecule has 21 heavy (non-hydrogen) atoms. The highest BCUT2D eigenvalue weighted by Crippen LogP contribution is 2.37. The highest BCUT2D eigenvalue weighted by molar-refractivity contribution is 7.98. The first-order valence-electron chi connectivity index (χ1n) is 7.87. The number of fused-ring (bicyclic) bond motifs is 3. The summed E-state index contributed by atoms with van der Waals surface area (Å²) in [5.41, 5.74) is 2.35. The van der Waals surface area contributed by atoms with Crippen molar-refractivity contribution in [3.63, 3.8) is 0 Å². The third kappa shape index (κ3) is 2.48. The normalized spacial score (nSPS) is 27.3. The van der Waals surface area contributed by atoms with Gasteiger partial charge >= 0.3 is 0 Å². The SMILES string of the molecule is Cn1nc2c(c1NC(=O)CCN1C[C@@H]3CC[C@H]1C3)CSC2. The van der Waals surface area contributed by atoms with E-state index in [-0.39, 0.29) is 5.91 Å². The molecular weight excluding hydrogens is 284 g/mol. The number of carbonyl (C=O) groups excluding carboxylic acids is 1. The molecule has 0 unspecified atom stereocenters. The number of aromatic nitrogens is 2. The van der Waals surface area contributed by atoms with E-state index in [1.54, 1.807) is 0 Å². The van der Waals surface area contributed by atoms with Crippen LogP contribution in [0.3, 0.4) is 0 Å². The van der Waals surface area contributed by atoms with Gasteiger partial charge in [-0.2, -0.15) is 16.9 Å². The lowest BCUT2D eigenvalue weighted by Crippen LogP contribution is -2.34. The predicted molar refractivity (Wildman–Crippen MR) is 84.2 cm³/mol. The number of rotatable bonds is 4. The van der Waals surface area contributed by atoms with Crippen molar-refractivity contribution in [1.29, 1.82) is 0 Å². The Balaban J connectivity index is 1.34. The van der Waals surface area contributed by atoms with Crippen LogP contribution >= 0.6 is 11.8 Å². The van der Waals surface area contributed by atoms with E-state index in [2.05, 4.69) is 15.3 Å². The van der Waals surface area contributed by atoms with E-state index in [4.69, 9.17) is 0 Å². The lowest BCUT2D eigenvalue weighted by atomic mass is 10.1. The topological polar surface area (TPSA) is 50.2 Å². The average molecular weight is 306 g/mol. The lowest BCUT2D eigenvalue weighted by Gasteiger charge is -2.26. The van der Waals surface area contributed by atoms with Crippen molar-refractivity contribution in [2.45, 2.75) is 43.2 Å². The second-order valence-corrected chi connectivity index (χ2v) is 7.50. The van der Waals surface area contributed by atoms with Gasteiger partial charge in [0.15, 0.2) is 0 Å². The maximum Gasteiger partial charge on any atom is 0.226 e. The molecule has 5 nitrogen and oxygen atoms in total. The highest BCUT2D eigenvalue weighted by atomic mass is 32.2. The van der Waals surface area contributed by atoms with Crippen LogP contribution in [-0.2, 0) is 23.3 Å². The van der Waals surface area contributed by atoms with E-state index in [1.165, 1.54) is 31.4 Å². The Morgan fingerprint density at radius 3 is 3.10 bits per heavy atom. The first kappa shape index (κ1) is 13.6. The van der Waals surface area contributed by atoms with Crippen molar-refractivity contribution < 1.29 is 4.79 Å². The molecule has 4 rings (SSSR count). The second kappa shape index (κ2) is 5.32. The quantitative estimate of drug-likeness (QED) is 0.924. The number of amides is 1. The fourth-order valence-corrected chi connectivity index (χ4v) is 5.07. The molecule has 114 valence electrons. The smallest absolute Gasteiger partial charge is 0.226 e. The van der Waals surface area contributed by atoms with Crippen LogP contribution in [0, 0.1) is 5.92 Å². The Morgan fingerprint density at radius 2 is 2.33 bits per heavy atom. The van der Waals surface area contributed by atoms with Gasteiger partial charge < -0.3 is 5.32 Å². The summed E-state index contributed by atoms with van der Waals surface area (Å²) < 4.78 is 1.82. The number of nitrogens with one attached hydrogen (secondary N) is 1. The number of anilines is 1. The number of carbonyl (C=O) groups is 1. The van der Waals surface area contributed by atoms with Gasteiger partial charge in [-0.05, 0) is 25.2 Å². The van der Waals surface area contributed by atoms with Crippen molar-refractivity contribution in [2.24, 2.45) is 13.0 Å². The van der Waals surface area contributed by atoms with Crippen LogP contribution in [0.2, 0.25) is 0 Å². The van der Waals surface area contributed by atoms with Crippen LogP contribution in [0.15, 0.2) is 0 Å². The second-order valence-electron chi connectivity index (χ2n) is 6.52. The standard InChI is InChI=1S/C15H22N4OS/c1-18-15(12-8-21-9-13(12)17-18)16-14(20)4-5-19-7-10-2-3-11(19)6-10/h10-11H,2-9H2,1H3,(H,16,20)/t10-,11+/m1/s1. The van der Waals surface area contributed by atoms with Gasteiger partial charge in [-0.25, -0.2) is 0 Å². The molecule has 2 aliphatic heterocycles. The molecule has 3 aliphatic rings. The fraction of sp³-hybridized carbons (Fsp3) is 0.733. The van der Waals surface area contributed by atoms with Gasteiger partial charge in [-0.15, -0.1) is 0 Å². The monoisotopic (exact) mass is 306 g/mol. The fourth-order valence-electron chi connectivity index (χ4n) is 4.04. The van der Waals surface area contributed by atoms with Crippen LogP contribution in [0.5, 0.6) is 0 Å². The summed E-state index contributed by atoms with van der Waals surface area (Å²) >= 11 is 1.87. The molecule has 2 fully saturated rings. The molecule has 2 bridgehead atoms. The molecule has 2 atom stereocenters. The van der Waals surface area contributed by atoms with Crippen LogP contribution in [0.4, 0.5) is 5.82 Å². The summed E-state index contributed by atoms with van der Waals surface area (Å²) in [6.45, 7) is 2.11. The Bertz CT molecular complexity index is 570. The minimum absolute atomic E-state index is 0.125. The summed E-state index contributed by atoms with van der Waals surface area (Å²) in [7, 11) is 1.91. The van der Waals surface area contributed by atoms with E-state index in [0.29, 0.717) is 6.42 Å². The summed E-state index contributed by atoms with van der Waals surface area (Å²) in [6, 6.07) is 0.750. The number of aryl methyl sites for hydroxylation is 1. The van der Waals surface area contributed by atoms with Gasteiger partial charge in [0.1, 0.15) is 5.82 Å². The van der Waals surface area contributed by atoms with Crippen LogP contribution < -0.4 is 5.32 Å². The zero-order valence-electron chi connectivity index (χ0n) is 12.5. The molecule has 1 amide bonds. The van der Waals surface area contributed by atoms with Gasteiger partial charge in [0.2, 0.25) is 5.91 Å². The zero-order chi connectivity index (χ0) is 14.4. The van der Waals surface area contributed by atoms with E-state index < -0.39 is 0 Å². The van der Waals surface area contributed by atoms with Crippen LogP contribution in [0.1, 0.15) is 36.9 Å². The maximum absolute atomic E-state index is 12.2. The number of likely N-dealkylation sites (tertiary alicyclic amines) is 1. The third-order valence-electron chi connectivity index (χ3n) is 5.12. The number of thioether (sulfide) groups is 1. The van der Waals surface area contributed by atoms with Crippen molar-refractivity contribution >= 4 is 23.5 Å².